The van der Waals surface area contributed by atoms with Crippen LogP contribution in [0.2, 0.25) is 0 Å². The molecule has 1 aliphatic carbocycles. The standard InChI is InChI=1S/C23H27N3O4/c1-15(17-10-12-19(13-11-17)25-21(27)18-8-9-18)24-22(28)20(26-23(29)30-2)14-16-6-4-3-5-7-16/h3-7,10-13,15,18,20H,8-9,14H2,1-2H3,(H,24,28)(H,25,27)(H,26,29). The minimum absolute atomic E-state index is 0.0572. The van der Waals surface area contributed by atoms with E-state index in [1.54, 1.807) is 0 Å². The number of nitrogens with one attached hydrogen (secondary N) is 3. The minimum atomic E-state index is -0.764. The Labute approximate surface area is 176 Å². The van der Waals surface area contributed by atoms with Crippen molar-refractivity contribution in [3.8, 4) is 0 Å². The third-order valence-electron chi connectivity index (χ3n) is 5.06. The molecule has 0 aromatic heterocycles. The van der Waals surface area contributed by atoms with Crippen LogP contribution in [0.3, 0.4) is 0 Å². The van der Waals surface area contributed by atoms with Crippen LogP contribution >= 0.6 is 0 Å². The van der Waals surface area contributed by atoms with Crippen molar-refractivity contribution in [2.75, 3.05) is 12.4 Å². The van der Waals surface area contributed by atoms with E-state index in [4.69, 9.17) is 0 Å². The molecule has 1 aliphatic rings. The van der Waals surface area contributed by atoms with Crippen LogP contribution in [0.5, 0.6) is 0 Å². The number of rotatable bonds is 8. The van der Waals surface area contributed by atoms with Crippen LogP contribution in [0.4, 0.5) is 10.5 Å². The molecule has 1 saturated carbocycles. The molecule has 0 spiro atoms. The Morgan fingerprint density at radius 2 is 1.67 bits per heavy atom. The van der Waals surface area contributed by atoms with Gasteiger partial charge in [-0.25, -0.2) is 4.79 Å². The lowest BCUT2D eigenvalue weighted by atomic mass is 10.0. The van der Waals surface area contributed by atoms with Gasteiger partial charge in [-0.15, -0.1) is 0 Å². The summed E-state index contributed by atoms with van der Waals surface area (Å²) in [6, 6.07) is 15.8. The summed E-state index contributed by atoms with van der Waals surface area (Å²) in [4.78, 5) is 36.4. The van der Waals surface area contributed by atoms with E-state index >= 15 is 0 Å². The molecule has 0 radical (unpaired) electrons. The number of benzene rings is 2. The van der Waals surface area contributed by atoms with Gasteiger partial charge in [0.2, 0.25) is 11.8 Å². The van der Waals surface area contributed by atoms with Gasteiger partial charge in [-0.2, -0.15) is 0 Å². The molecule has 3 amide bonds. The van der Waals surface area contributed by atoms with Crippen LogP contribution in [0.1, 0.15) is 36.9 Å². The third kappa shape index (κ3) is 6.07. The Kier molecular flexibility index (Phi) is 7.06. The van der Waals surface area contributed by atoms with Gasteiger partial charge in [-0.3, -0.25) is 9.59 Å². The largest absolute Gasteiger partial charge is 0.453 e. The first kappa shape index (κ1) is 21.4. The second-order valence-electron chi connectivity index (χ2n) is 7.49. The Morgan fingerprint density at radius 3 is 2.27 bits per heavy atom. The van der Waals surface area contributed by atoms with Gasteiger partial charge in [0.05, 0.1) is 13.2 Å². The fourth-order valence-corrected chi connectivity index (χ4v) is 3.10. The van der Waals surface area contributed by atoms with Gasteiger partial charge in [0, 0.05) is 18.0 Å². The van der Waals surface area contributed by atoms with E-state index in [2.05, 4.69) is 20.7 Å². The summed E-state index contributed by atoms with van der Waals surface area (Å²) in [5, 5.41) is 8.43. The highest BCUT2D eigenvalue weighted by atomic mass is 16.5. The maximum atomic E-state index is 12.8. The number of amides is 3. The highest BCUT2D eigenvalue weighted by Gasteiger charge is 2.29. The first-order chi connectivity index (χ1) is 14.5. The summed E-state index contributed by atoms with van der Waals surface area (Å²) in [7, 11) is 1.26. The smallest absolute Gasteiger partial charge is 0.407 e. The van der Waals surface area contributed by atoms with Gasteiger partial charge in [0.15, 0.2) is 0 Å². The average molecular weight is 409 g/mol. The second kappa shape index (κ2) is 9.91. The van der Waals surface area contributed by atoms with Gasteiger partial charge >= 0.3 is 6.09 Å². The zero-order chi connectivity index (χ0) is 21.5. The molecular formula is C23H27N3O4. The second-order valence-corrected chi connectivity index (χ2v) is 7.49. The van der Waals surface area contributed by atoms with Crippen molar-refractivity contribution >= 4 is 23.6 Å². The molecule has 3 rings (SSSR count). The first-order valence-electron chi connectivity index (χ1n) is 10.1. The van der Waals surface area contributed by atoms with E-state index in [1.165, 1.54) is 7.11 Å². The lowest BCUT2D eigenvalue weighted by Gasteiger charge is -2.21. The summed E-state index contributed by atoms with van der Waals surface area (Å²) in [5.41, 5.74) is 2.56. The fourth-order valence-electron chi connectivity index (χ4n) is 3.10. The third-order valence-corrected chi connectivity index (χ3v) is 5.06. The van der Waals surface area contributed by atoms with Crippen molar-refractivity contribution in [3.05, 3.63) is 65.7 Å². The summed E-state index contributed by atoms with van der Waals surface area (Å²) in [5.74, 6) is -0.101. The number of carbonyl (C=O) groups is 3. The zero-order valence-electron chi connectivity index (χ0n) is 17.2. The van der Waals surface area contributed by atoms with Crippen LogP contribution in [-0.2, 0) is 20.7 Å². The summed E-state index contributed by atoms with van der Waals surface area (Å²) < 4.78 is 4.66. The van der Waals surface area contributed by atoms with E-state index < -0.39 is 12.1 Å². The number of hydrogen-bond donors (Lipinski definition) is 3. The monoisotopic (exact) mass is 409 g/mol. The molecule has 2 aromatic rings. The van der Waals surface area contributed by atoms with Crippen LogP contribution in [0, 0.1) is 5.92 Å². The molecule has 2 aromatic carbocycles. The van der Waals surface area contributed by atoms with Gasteiger partial charge in [-0.05, 0) is 43.0 Å². The maximum absolute atomic E-state index is 12.8. The highest BCUT2D eigenvalue weighted by molar-refractivity contribution is 5.94. The van der Waals surface area contributed by atoms with Gasteiger partial charge in [-0.1, -0.05) is 42.5 Å². The van der Waals surface area contributed by atoms with Crippen molar-refractivity contribution in [1.82, 2.24) is 10.6 Å². The van der Waals surface area contributed by atoms with Crippen LogP contribution in [0.15, 0.2) is 54.6 Å². The molecule has 0 heterocycles. The fraction of sp³-hybridized carbons (Fsp3) is 0.348. The lowest BCUT2D eigenvalue weighted by Crippen LogP contribution is -2.48. The molecule has 30 heavy (non-hydrogen) atoms. The van der Waals surface area contributed by atoms with E-state index in [9.17, 15) is 14.4 Å². The van der Waals surface area contributed by atoms with E-state index in [0.717, 1.165) is 29.7 Å². The summed E-state index contributed by atoms with van der Waals surface area (Å²) >= 11 is 0. The Morgan fingerprint density at radius 1 is 1.00 bits per heavy atom. The first-order valence-corrected chi connectivity index (χ1v) is 10.1. The number of methoxy groups -OCH3 is 1. The van der Waals surface area contributed by atoms with Crippen molar-refractivity contribution in [2.24, 2.45) is 5.92 Å². The van der Waals surface area contributed by atoms with E-state index in [-0.39, 0.29) is 23.8 Å². The van der Waals surface area contributed by atoms with Gasteiger partial charge in [0.1, 0.15) is 6.04 Å². The van der Waals surface area contributed by atoms with E-state index in [0.29, 0.717) is 6.42 Å². The molecule has 7 nitrogen and oxygen atoms in total. The molecule has 7 heteroatoms. The maximum Gasteiger partial charge on any atom is 0.407 e. The molecular weight excluding hydrogens is 382 g/mol. The average Bonchev–Trinajstić information content (AvgIpc) is 3.60. The number of ether oxygens (including phenoxy) is 1. The number of anilines is 1. The van der Waals surface area contributed by atoms with Gasteiger partial charge < -0.3 is 20.7 Å². The summed E-state index contributed by atoms with van der Waals surface area (Å²) in [6.45, 7) is 1.87. The predicted molar refractivity (Wildman–Crippen MR) is 114 cm³/mol. The van der Waals surface area contributed by atoms with Gasteiger partial charge in [0.25, 0.3) is 0 Å². The zero-order valence-corrected chi connectivity index (χ0v) is 17.2. The van der Waals surface area contributed by atoms with Crippen LogP contribution in [0.25, 0.3) is 0 Å². The summed E-state index contributed by atoms with van der Waals surface area (Å²) in [6.07, 6.45) is 1.60. The Hall–Kier alpha value is -3.35. The lowest BCUT2D eigenvalue weighted by molar-refractivity contribution is -0.123. The van der Waals surface area contributed by atoms with Crippen molar-refractivity contribution in [3.63, 3.8) is 0 Å². The molecule has 3 N–H and O–H groups in total. The van der Waals surface area contributed by atoms with Crippen molar-refractivity contribution in [2.45, 2.75) is 38.3 Å². The van der Waals surface area contributed by atoms with Crippen molar-refractivity contribution < 1.29 is 19.1 Å². The SMILES string of the molecule is COC(=O)NC(Cc1ccccc1)C(=O)NC(C)c1ccc(NC(=O)C2CC2)cc1. The van der Waals surface area contributed by atoms with Crippen LogP contribution < -0.4 is 16.0 Å². The number of hydrogen-bond acceptors (Lipinski definition) is 4. The topological polar surface area (TPSA) is 96.5 Å². The van der Waals surface area contributed by atoms with Crippen LogP contribution in [-0.4, -0.2) is 31.1 Å². The quantitative estimate of drug-likeness (QED) is 0.624. The Balaban J connectivity index is 1.61. The molecule has 0 aliphatic heterocycles. The molecule has 158 valence electrons. The predicted octanol–water partition coefficient (Wildman–Crippen LogP) is 3.18. The molecule has 0 bridgehead atoms. The normalized spacial score (nSPS) is 14.9. The number of alkyl carbamates (subject to hydrolysis) is 1. The number of carbonyl (C=O) groups excluding carboxylic acids is 3. The minimum Gasteiger partial charge on any atom is -0.453 e. The highest BCUT2D eigenvalue weighted by Crippen LogP contribution is 2.30. The van der Waals surface area contributed by atoms with Crippen molar-refractivity contribution in [1.29, 1.82) is 0 Å². The Bertz CT molecular complexity index is 879. The molecule has 1 fully saturated rings. The molecule has 2 unspecified atom stereocenters. The molecule has 0 saturated heterocycles. The molecule has 2 atom stereocenters. The van der Waals surface area contributed by atoms with E-state index in [1.807, 2.05) is 61.5 Å².